The van der Waals surface area contributed by atoms with E-state index in [2.05, 4.69) is 38.4 Å². The molecule has 4 N–H and O–H groups in total. The summed E-state index contributed by atoms with van der Waals surface area (Å²) in [4.78, 5) is 20.7. The van der Waals surface area contributed by atoms with Gasteiger partial charge in [0.1, 0.15) is 5.75 Å². The van der Waals surface area contributed by atoms with E-state index in [1.807, 2.05) is 6.92 Å². The largest absolute Gasteiger partial charge is 0.507 e. The molecule has 1 aliphatic heterocycles. The van der Waals surface area contributed by atoms with E-state index >= 15 is 0 Å². The van der Waals surface area contributed by atoms with E-state index in [1.54, 1.807) is 29.5 Å². The number of para-hydroxylation sites is 1. The number of guanidine groups is 1. The number of nitrogens with zero attached hydrogens (tertiary/aromatic N) is 2. The summed E-state index contributed by atoms with van der Waals surface area (Å²) in [5, 5.41) is 21.2. The van der Waals surface area contributed by atoms with Gasteiger partial charge in [0.05, 0.1) is 31.4 Å². The van der Waals surface area contributed by atoms with Crippen LogP contribution in [0.5, 0.6) is 5.75 Å². The average Bonchev–Trinajstić information content (AvgIpc) is 3.32. The van der Waals surface area contributed by atoms with Crippen LogP contribution in [0.2, 0.25) is 0 Å². The quantitative estimate of drug-likeness (QED) is 0.267. The number of morpholine rings is 1. The van der Waals surface area contributed by atoms with Crippen molar-refractivity contribution in [3.63, 3.8) is 0 Å². The van der Waals surface area contributed by atoms with Gasteiger partial charge in [-0.3, -0.25) is 14.7 Å². The first kappa shape index (κ1) is 23.1. The van der Waals surface area contributed by atoms with E-state index in [9.17, 15) is 9.90 Å². The minimum atomic E-state index is -0.299. The van der Waals surface area contributed by atoms with Gasteiger partial charge in [0.2, 0.25) is 0 Å². The van der Waals surface area contributed by atoms with Crippen LogP contribution in [0.15, 0.2) is 46.8 Å². The van der Waals surface area contributed by atoms with Crippen LogP contribution in [0.3, 0.4) is 0 Å². The van der Waals surface area contributed by atoms with E-state index in [0.717, 1.165) is 32.8 Å². The first-order chi connectivity index (χ1) is 15.2. The van der Waals surface area contributed by atoms with Crippen molar-refractivity contribution in [3.05, 3.63) is 52.2 Å². The van der Waals surface area contributed by atoms with Crippen LogP contribution in [0.4, 0.5) is 0 Å². The highest BCUT2D eigenvalue weighted by Crippen LogP contribution is 2.26. The number of aromatic hydroxyl groups is 1. The Kier molecular flexibility index (Phi) is 9.14. The molecule has 168 valence electrons. The highest BCUT2D eigenvalue weighted by molar-refractivity contribution is 7.10. The smallest absolute Gasteiger partial charge is 0.255 e. The van der Waals surface area contributed by atoms with Crippen LogP contribution in [0, 0.1) is 0 Å². The maximum atomic E-state index is 12.2. The van der Waals surface area contributed by atoms with Crippen LogP contribution >= 0.6 is 11.3 Å². The Hall–Kier alpha value is -2.62. The molecule has 1 unspecified atom stereocenters. The molecule has 2 heterocycles. The summed E-state index contributed by atoms with van der Waals surface area (Å²) >= 11 is 1.75. The maximum absolute atomic E-state index is 12.2. The molecule has 1 aliphatic rings. The minimum Gasteiger partial charge on any atom is -0.507 e. The van der Waals surface area contributed by atoms with E-state index in [4.69, 9.17) is 9.73 Å². The zero-order valence-electron chi connectivity index (χ0n) is 17.8. The summed E-state index contributed by atoms with van der Waals surface area (Å²) in [6.45, 7) is 7.65. The second-order valence-corrected chi connectivity index (χ2v) is 8.08. The topological polar surface area (TPSA) is 98.2 Å². The fraction of sp³-hybridized carbons (Fsp3) is 0.455. The van der Waals surface area contributed by atoms with E-state index in [1.165, 1.54) is 10.9 Å². The van der Waals surface area contributed by atoms with Crippen molar-refractivity contribution < 1.29 is 14.6 Å². The van der Waals surface area contributed by atoms with Crippen molar-refractivity contribution >= 4 is 23.2 Å². The Morgan fingerprint density at radius 2 is 1.94 bits per heavy atom. The summed E-state index contributed by atoms with van der Waals surface area (Å²) in [5.41, 5.74) is 0.271. The number of aliphatic imine (C=N–C) groups is 1. The normalized spacial score (nSPS) is 16.0. The number of carbonyl (C=O) groups is 1. The third-order valence-electron chi connectivity index (χ3n) is 4.98. The fourth-order valence-electron chi connectivity index (χ4n) is 3.39. The number of hydrogen-bond acceptors (Lipinski definition) is 6. The van der Waals surface area contributed by atoms with E-state index < -0.39 is 0 Å². The molecule has 2 aromatic rings. The zero-order chi connectivity index (χ0) is 21.9. The molecule has 8 nitrogen and oxygen atoms in total. The van der Waals surface area contributed by atoms with Gasteiger partial charge in [-0.05, 0) is 30.5 Å². The lowest BCUT2D eigenvalue weighted by atomic mass is 10.2. The Labute approximate surface area is 187 Å². The van der Waals surface area contributed by atoms with Gasteiger partial charge in [0, 0.05) is 37.6 Å². The molecular formula is C22H31N5O3S. The number of nitrogens with one attached hydrogen (secondary N) is 3. The van der Waals surface area contributed by atoms with Crippen LogP contribution in [0.25, 0.3) is 0 Å². The molecule has 0 radical (unpaired) electrons. The van der Waals surface area contributed by atoms with E-state index in [-0.39, 0.29) is 23.3 Å². The predicted molar refractivity (Wildman–Crippen MR) is 124 cm³/mol. The first-order valence-corrected chi connectivity index (χ1v) is 11.5. The predicted octanol–water partition coefficient (Wildman–Crippen LogP) is 1.81. The maximum Gasteiger partial charge on any atom is 0.255 e. The number of rotatable bonds is 9. The van der Waals surface area contributed by atoms with Crippen LogP contribution < -0.4 is 16.0 Å². The molecule has 1 fully saturated rings. The lowest BCUT2D eigenvalue weighted by Gasteiger charge is -2.33. The number of benzene rings is 1. The number of carbonyl (C=O) groups excluding carboxylic acids is 1. The second kappa shape index (κ2) is 12.3. The van der Waals surface area contributed by atoms with Gasteiger partial charge in [-0.2, -0.15) is 0 Å². The zero-order valence-corrected chi connectivity index (χ0v) is 18.7. The Bertz CT molecular complexity index is 837. The standard InChI is InChI=1S/C22H31N5O3S/c1-2-23-22(25-10-9-24-21(29)17-6-3-4-7-19(17)28)26-16-18(20-8-5-15-31-20)27-11-13-30-14-12-27/h3-8,15,18,28H,2,9-14,16H2,1H3,(H,24,29)(H2,23,25,26). The van der Waals surface area contributed by atoms with Gasteiger partial charge in [-0.15, -0.1) is 11.3 Å². The summed E-state index contributed by atoms with van der Waals surface area (Å²) in [7, 11) is 0. The number of ether oxygens (including phenoxy) is 1. The number of amides is 1. The van der Waals surface area contributed by atoms with Gasteiger partial charge in [0.15, 0.2) is 5.96 Å². The van der Waals surface area contributed by atoms with Crippen molar-refractivity contribution in [1.29, 1.82) is 0 Å². The summed E-state index contributed by atoms with van der Waals surface area (Å²) in [5.74, 6) is 0.395. The molecule has 1 amide bonds. The van der Waals surface area contributed by atoms with Crippen LogP contribution in [-0.4, -0.2) is 74.4 Å². The highest BCUT2D eigenvalue weighted by atomic mass is 32.1. The highest BCUT2D eigenvalue weighted by Gasteiger charge is 2.23. The third kappa shape index (κ3) is 6.95. The molecule has 0 spiro atoms. The number of hydrogen-bond donors (Lipinski definition) is 4. The SMILES string of the molecule is CCNC(=NCC(c1cccs1)N1CCOCC1)NCCNC(=O)c1ccccc1O. The van der Waals surface area contributed by atoms with E-state index in [0.29, 0.717) is 25.6 Å². The number of phenols is 1. The minimum absolute atomic E-state index is 0.0226. The lowest BCUT2D eigenvalue weighted by Crippen LogP contribution is -2.43. The Balaban J connectivity index is 1.53. The Morgan fingerprint density at radius 1 is 1.16 bits per heavy atom. The van der Waals surface area contributed by atoms with Crippen molar-refractivity contribution in [2.75, 3.05) is 52.5 Å². The monoisotopic (exact) mass is 445 g/mol. The second-order valence-electron chi connectivity index (χ2n) is 7.10. The molecule has 0 bridgehead atoms. The first-order valence-electron chi connectivity index (χ1n) is 10.6. The number of thiophene rings is 1. The Morgan fingerprint density at radius 3 is 2.65 bits per heavy atom. The molecule has 1 aromatic carbocycles. The van der Waals surface area contributed by atoms with Gasteiger partial charge < -0.3 is 25.8 Å². The fourth-order valence-corrected chi connectivity index (χ4v) is 4.24. The van der Waals surface area contributed by atoms with Crippen LogP contribution in [-0.2, 0) is 4.74 Å². The van der Waals surface area contributed by atoms with Crippen molar-refractivity contribution in [3.8, 4) is 5.75 Å². The summed E-state index contributed by atoms with van der Waals surface area (Å²) in [6, 6.07) is 11.0. The molecule has 0 aliphatic carbocycles. The molecule has 1 aromatic heterocycles. The molecule has 3 rings (SSSR count). The molecule has 1 saturated heterocycles. The molecule has 0 saturated carbocycles. The van der Waals surface area contributed by atoms with Crippen molar-refractivity contribution in [2.24, 2.45) is 4.99 Å². The third-order valence-corrected chi connectivity index (χ3v) is 5.95. The summed E-state index contributed by atoms with van der Waals surface area (Å²) < 4.78 is 5.51. The van der Waals surface area contributed by atoms with Crippen molar-refractivity contribution in [2.45, 2.75) is 13.0 Å². The van der Waals surface area contributed by atoms with Crippen molar-refractivity contribution in [1.82, 2.24) is 20.9 Å². The average molecular weight is 446 g/mol. The molecule has 1 atom stereocenters. The van der Waals surface area contributed by atoms with Crippen LogP contribution in [0.1, 0.15) is 28.2 Å². The van der Waals surface area contributed by atoms with Gasteiger partial charge in [0.25, 0.3) is 5.91 Å². The lowest BCUT2D eigenvalue weighted by molar-refractivity contribution is 0.0186. The van der Waals surface area contributed by atoms with Gasteiger partial charge in [-0.1, -0.05) is 18.2 Å². The number of phenolic OH excluding ortho intramolecular Hbond substituents is 1. The summed E-state index contributed by atoms with van der Waals surface area (Å²) in [6.07, 6.45) is 0. The molecular weight excluding hydrogens is 414 g/mol. The molecule has 31 heavy (non-hydrogen) atoms. The van der Waals surface area contributed by atoms with Gasteiger partial charge >= 0.3 is 0 Å². The molecule has 9 heteroatoms. The van der Waals surface area contributed by atoms with Gasteiger partial charge in [-0.25, -0.2) is 0 Å².